The van der Waals surface area contributed by atoms with Crippen molar-refractivity contribution in [2.24, 2.45) is 5.41 Å². The molecule has 0 aromatic heterocycles. The molecule has 2 rings (SSSR count). The van der Waals surface area contributed by atoms with Crippen molar-refractivity contribution in [1.82, 2.24) is 5.32 Å². The Hall–Kier alpha value is -0.820. The molecule has 0 saturated heterocycles. The van der Waals surface area contributed by atoms with Crippen LogP contribution in [0.2, 0.25) is 0 Å². The van der Waals surface area contributed by atoms with Crippen molar-refractivity contribution in [3.63, 3.8) is 0 Å². The van der Waals surface area contributed by atoms with E-state index in [2.05, 4.69) is 50.4 Å². The SMILES string of the molecule is CC(C)(C)CCNC1CCCc2ccccc21. The van der Waals surface area contributed by atoms with Crippen LogP contribution in [0, 0.1) is 5.41 Å². The van der Waals surface area contributed by atoms with Crippen LogP contribution in [0.1, 0.15) is 57.2 Å². The summed E-state index contributed by atoms with van der Waals surface area (Å²) >= 11 is 0. The molecule has 0 saturated carbocycles. The van der Waals surface area contributed by atoms with Crippen molar-refractivity contribution in [3.05, 3.63) is 35.4 Å². The van der Waals surface area contributed by atoms with Gasteiger partial charge in [0.2, 0.25) is 0 Å². The maximum Gasteiger partial charge on any atom is 0.0323 e. The fourth-order valence-electron chi connectivity index (χ4n) is 2.59. The summed E-state index contributed by atoms with van der Waals surface area (Å²) in [5.74, 6) is 0. The Morgan fingerprint density at radius 2 is 2.00 bits per heavy atom. The maximum atomic E-state index is 3.73. The summed E-state index contributed by atoms with van der Waals surface area (Å²) in [6.45, 7) is 8.05. The van der Waals surface area contributed by atoms with Crippen molar-refractivity contribution < 1.29 is 0 Å². The van der Waals surface area contributed by atoms with E-state index in [-0.39, 0.29) is 0 Å². The molecule has 0 fully saturated rings. The highest BCUT2D eigenvalue weighted by atomic mass is 14.9. The fraction of sp³-hybridized carbons (Fsp3) is 0.625. The molecular weight excluding hydrogens is 206 g/mol. The van der Waals surface area contributed by atoms with Gasteiger partial charge in [-0.2, -0.15) is 0 Å². The highest BCUT2D eigenvalue weighted by Gasteiger charge is 2.19. The van der Waals surface area contributed by atoms with Gasteiger partial charge in [0.1, 0.15) is 0 Å². The zero-order valence-electron chi connectivity index (χ0n) is 11.4. The van der Waals surface area contributed by atoms with Gasteiger partial charge >= 0.3 is 0 Å². The van der Waals surface area contributed by atoms with E-state index in [4.69, 9.17) is 0 Å². The predicted molar refractivity (Wildman–Crippen MR) is 74.2 cm³/mol. The Morgan fingerprint density at radius 3 is 2.76 bits per heavy atom. The van der Waals surface area contributed by atoms with Crippen molar-refractivity contribution in [3.8, 4) is 0 Å². The molecule has 1 nitrogen and oxygen atoms in total. The van der Waals surface area contributed by atoms with Crippen LogP contribution in [0.3, 0.4) is 0 Å². The zero-order chi connectivity index (χ0) is 12.3. The minimum Gasteiger partial charge on any atom is -0.310 e. The Kier molecular flexibility index (Phi) is 3.88. The standard InChI is InChI=1S/C16H25N/c1-16(2,3)11-12-17-15-10-6-8-13-7-4-5-9-14(13)15/h4-5,7,9,15,17H,6,8,10-12H2,1-3H3. The molecule has 0 amide bonds. The van der Waals surface area contributed by atoms with Crippen LogP contribution in [-0.4, -0.2) is 6.54 Å². The van der Waals surface area contributed by atoms with Gasteiger partial charge in [-0.05, 0) is 48.8 Å². The molecule has 0 bridgehead atoms. The minimum absolute atomic E-state index is 0.432. The third-order valence-electron chi connectivity index (χ3n) is 3.64. The molecule has 1 heteroatoms. The monoisotopic (exact) mass is 231 g/mol. The summed E-state index contributed by atoms with van der Waals surface area (Å²) in [6, 6.07) is 9.50. The number of nitrogens with one attached hydrogen (secondary N) is 1. The first-order valence-corrected chi connectivity index (χ1v) is 6.87. The quantitative estimate of drug-likeness (QED) is 0.826. The van der Waals surface area contributed by atoms with Gasteiger partial charge in [-0.25, -0.2) is 0 Å². The van der Waals surface area contributed by atoms with Crippen LogP contribution >= 0.6 is 0 Å². The van der Waals surface area contributed by atoms with Crippen LogP contribution in [-0.2, 0) is 6.42 Å². The van der Waals surface area contributed by atoms with Crippen LogP contribution in [0.15, 0.2) is 24.3 Å². The highest BCUT2D eigenvalue weighted by Crippen LogP contribution is 2.29. The Balaban J connectivity index is 1.95. The molecule has 1 N–H and O–H groups in total. The second-order valence-corrected chi connectivity index (χ2v) is 6.41. The maximum absolute atomic E-state index is 3.73. The van der Waals surface area contributed by atoms with E-state index < -0.39 is 0 Å². The van der Waals surface area contributed by atoms with Crippen LogP contribution in [0.5, 0.6) is 0 Å². The fourth-order valence-corrected chi connectivity index (χ4v) is 2.59. The lowest BCUT2D eigenvalue weighted by atomic mass is 9.87. The Bertz CT molecular complexity index is 362. The van der Waals surface area contributed by atoms with Crippen molar-refractivity contribution in [2.75, 3.05) is 6.54 Å². The van der Waals surface area contributed by atoms with Crippen LogP contribution < -0.4 is 5.32 Å². The highest BCUT2D eigenvalue weighted by molar-refractivity contribution is 5.32. The lowest BCUT2D eigenvalue weighted by Gasteiger charge is -2.28. The summed E-state index contributed by atoms with van der Waals surface area (Å²) < 4.78 is 0. The largest absolute Gasteiger partial charge is 0.310 e. The molecule has 1 aromatic carbocycles. The van der Waals surface area contributed by atoms with Gasteiger partial charge in [0, 0.05) is 6.04 Å². The van der Waals surface area contributed by atoms with E-state index in [0.29, 0.717) is 11.5 Å². The van der Waals surface area contributed by atoms with Crippen molar-refractivity contribution >= 4 is 0 Å². The van der Waals surface area contributed by atoms with E-state index in [1.165, 1.54) is 31.2 Å². The topological polar surface area (TPSA) is 12.0 Å². The smallest absolute Gasteiger partial charge is 0.0323 e. The van der Waals surface area contributed by atoms with Gasteiger partial charge in [0.25, 0.3) is 0 Å². The molecule has 94 valence electrons. The summed E-state index contributed by atoms with van der Waals surface area (Å²) in [4.78, 5) is 0. The van der Waals surface area contributed by atoms with E-state index in [9.17, 15) is 0 Å². The van der Waals surface area contributed by atoms with Gasteiger partial charge in [-0.15, -0.1) is 0 Å². The molecular formula is C16H25N. The van der Waals surface area contributed by atoms with E-state index in [1.54, 1.807) is 5.56 Å². The first-order chi connectivity index (χ1) is 8.06. The van der Waals surface area contributed by atoms with Gasteiger partial charge in [-0.3, -0.25) is 0 Å². The average Bonchev–Trinajstić information content (AvgIpc) is 2.28. The third kappa shape index (κ3) is 3.57. The third-order valence-corrected chi connectivity index (χ3v) is 3.64. The number of hydrogen-bond acceptors (Lipinski definition) is 1. The molecule has 1 aromatic rings. The van der Waals surface area contributed by atoms with E-state index in [1.807, 2.05) is 0 Å². The molecule has 17 heavy (non-hydrogen) atoms. The van der Waals surface area contributed by atoms with Gasteiger partial charge in [0.15, 0.2) is 0 Å². The molecule has 1 aliphatic rings. The molecule has 1 atom stereocenters. The summed E-state index contributed by atoms with van der Waals surface area (Å²) in [5, 5.41) is 3.73. The molecule has 1 aliphatic carbocycles. The summed E-state index contributed by atoms with van der Waals surface area (Å²) in [6.07, 6.45) is 5.12. The van der Waals surface area contributed by atoms with Crippen molar-refractivity contribution in [1.29, 1.82) is 0 Å². The minimum atomic E-state index is 0.432. The molecule has 0 radical (unpaired) electrons. The van der Waals surface area contributed by atoms with Crippen LogP contribution in [0.25, 0.3) is 0 Å². The lowest BCUT2D eigenvalue weighted by Crippen LogP contribution is -2.28. The van der Waals surface area contributed by atoms with Gasteiger partial charge in [0.05, 0.1) is 0 Å². The van der Waals surface area contributed by atoms with E-state index in [0.717, 1.165) is 6.54 Å². The number of aryl methyl sites for hydroxylation is 1. The molecule has 0 spiro atoms. The second-order valence-electron chi connectivity index (χ2n) is 6.41. The van der Waals surface area contributed by atoms with Crippen LogP contribution in [0.4, 0.5) is 0 Å². The number of hydrogen-bond donors (Lipinski definition) is 1. The second kappa shape index (κ2) is 5.22. The summed E-state index contributed by atoms with van der Waals surface area (Å²) in [5.41, 5.74) is 3.51. The molecule has 0 heterocycles. The lowest BCUT2D eigenvalue weighted by molar-refractivity contribution is 0.346. The molecule has 0 aliphatic heterocycles. The Morgan fingerprint density at radius 1 is 1.24 bits per heavy atom. The van der Waals surface area contributed by atoms with Gasteiger partial charge in [-0.1, -0.05) is 45.0 Å². The Labute approximate surface area is 106 Å². The predicted octanol–water partition coefficient (Wildman–Crippen LogP) is 4.09. The first-order valence-electron chi connectivity index (χ1n) is 6.87. The van der Waals surface area contributed by atoms with Crippen molar-refractivity contribution in [2.45, 2.75) is 52.5 Å². The average molecular weight is 231 g/mol. The molecule has 1 unspecified atom stereocenters. The number of benzene rings is 1. The van der Waals surface area contributed by atoms with Gasteiger partial charge < -0.3 is 5.32 Å². The number of fused-ring (bicyclic) bond motifs is 1. The number of rotatable bonds is 3. The normalized spacial score (nSPS) is 20.1. The zero-order valence-corrected chi connectivity index (χ0v) is 11.4. The van der Waals surface area contributed by atoms with E-state index >= 15 is 0 Å². The first kappa shape index (κ1) is 12.6. The summed E-state index contributed by atoms with van der Waals surface area (Å²) in [7, 11) is 0.